The second-order valence-electron chi connectivity index (χ2n) is 6.12. The third-order valence-electron chi connectivity index (χ3n) is 4.21. The van der Waals surface area contributed by atoms with Gasteiger partial charge < -0.3 is 16.4 Å². The maximum absolute atomic E-state index is 12.4. The number of carbonyl (C=O) groups excluding carboxylic acids is 2. The van der Waals surface area contributed by atoms with Gasteiger partial charge in [0.25, 0.3) is 5.91 Å². The van der Waals surface area contributed by atoms with Crippen LogP contribution in [0.2, 0.25) is 5.02 Å². The zero-order valence-corrected chi connectivity index (χ0v) is 14.2. The fourth-order valence-corrected chi connectivity index (χ4v) is 3.04. The molecule has 1 aromatic rings. The van der Waals surface area contributed by atoms with Crippen LogP contribution in [-0.2, 0) is 4.79 Å². The summed E-state index contributed by atoms with van der Waals surface area (Å²) in [6, 6.07) is 4.89. The van der Waals surface area contributed by atoms with Crippen molar-refractivity contribution in [2.45, 2.75) is 51.0 Å². The first-order valence-electron chi connectivity index (χ1n) is 8.14. The summed E-state index contributed by atoms with van der Waals surface area (Å²) in [6.07, 6.45) is 5.33. The van der Waals surface area contributed by atoms with Gasteiger partial charge in [-0.15, -0.1) is 0 Å². The van der Waals surface area contributed by atoms with Crippen LogP contribution in [0.5, 0.6) is 0 Å². The summed E-state index contributed by atoms with van der Waals surface area (Å²) in [5, 5.41) is 5.91. The molecule has 0 aliphatic heterocycles. The quantitative estimate of drug-likeness (QED) is 0.772. The number of carbonyl (C=O) groups is 2. The number of hydrogen-bond donors (Lipinski definition) is 3. The predicted octanol–water partition coefficient (Wildman–Crippen LogP) is 3.08. The number of anilines is 1. The number of amides is 2. The molecule has 0 radical (unpaired) electrons. The maximum atomic E-state index is 12.4. The van der Waals surface area contributed by atoms with E-state index in [0.29, 0.717) is 35.7 Å². The zero-order chi connectivity index (χ0) is 16.9. The third kappa shape index (κ3) is 4.45. The Labute approximate surface area is 142 Å². The fraction of sp³-hybridized carbons (Fsp3) is 0.529. The van der Waals surface area contributed by atoms with E-state index in [1.165, 1.54) is 0 Å². The van der Waals surface area contributed by atoms with Crippen LogP contribution in [0.25, 0.3) is 0 Å². The average Bonchev–Trinajstić information content (AvgIpc) is 2.53. The zero-order valence-electron chi connectivity index (χ0n) is 13.5. The Morgan fingerprint density at radius 1 is 1.26 bits per heavy atom. The molecule has 0 bridgehead atoms. The number of nitrogens with two attached hydrogens (primary N) is 1. The van der Waals surface area contributed by atoms with Crippen LogP contribution in [0.4, 0.5) is 5.69 Å². The summed E-state index contributed by atoms with van der Waals surface area (Å²) >= 11 is 6.16. The van der Waals surface area contributed by atoms with Crippen molar-refractivity contribution in [3.63, 3.8) is 0 Å². The van der Waals surface area contributed by atoms with Crippen LogP contribution in [0.1, 0.15) is 55.8 Å². The summed E-state index contributed by atoms with van der Waals surface area (Å²) in [5.74, 6) is -0.395. The van der Waals surface area contributed by atoms with Gasteiger partial charge >= 0.3 is 0 Å². The molecule has 23 heavy (non-hydrogen) atoms. The highest BCUT2D eigenvalue weighted by Crippen LogP contribution is 2.28. The summed E-state index contributed by atoms with van der Waals surface area (Å²) in [4.78, 5) is 24.4. The molecule has 126 valence electrons. The van der Waals surface area contributed by atoms with Gasteiger partial charge in [0.1, 0.15) is 0 Å². The first-order chi connectivity index (χ1) is 11.0. The molecule has 2 amide bonds. The van der Waals surface area contributed by atoms with Crippen molar-refractivity contribution in [2.24, 2.45) is 5.73 Å². The van der Waals surface area contributed by atoms with E-state index in [1.807, 2.05) is 6.92 Å². The van der Waals surface area contributed by atoms with Gasteiger partial charge in [-0.1, -0.05) is 37.8 Å². The number of nitrogens with one attached hydrogen (secondary N) is 2. The van der Waals surface area contributed by atoms with Crippen molar-refractivity contribution in [1.82, 2.24) is 5.32 Å². The molecular weight excluding hydrogens is 314 g/mol. The predicted molar refractivity (Wildman–Crippen MR) is 92.7 cm³/mol. The molecule has 4 N–H and O–H groups in total. The molecule has 1 saturated carbocycles. The Morgan fingerprint density at radius 2 is 1.96 bits per heavy atom. The molecule has 6 heteroatoms. The summed E-state index contributed by atoms with van der Waals surface area (Å²) in [6.45, 7) is 2.58. The largest absolute Gasteiger partial charge is 0.352 e. The van der Waals surface area contributed by atoms with Crippen LogP contribution in [0, 0.1) is 0 Å². The minimum Gasteiger partial charge on any atom is -0.352 e. The summed E-state index contributed by atoms with van der Waals surface area (Å²) in [5.41, 5.74) is 6.37. The standard InChI is InChI=1S/C17H24ClN3O2/c1-2-10-20-15(22)13-7-6-12(11-14(13)18)21-16(23)17(19)8-4-3-5-9-17/h6-7,11H,2-5,8-10,19H2,1H3,(H,20,22)(H,21,23). The van der Waals surface area contributed by atoms with E-state index in [4.69, 9.17) is 17.3 Å². The molecule has 0 atom stereocenters. The SMILES string of the molecule is CCCNC(=O)c1ccc(NC(=O)C2(N)CCCCC2)cc1Cl. The van der Waals surface area contributed by atoms with Crippen LogP contribution in [0.15, 0.2) is 18.2 Å². The molecule has 0 unspecified atom stereocenters. The minimum absolute atomic E-state index is 0.184. The van der Waals surface area contributed by atoms with E-state index in [-0.39, 0.29) is 11.8 Å². The lowest BCUT2D eigenvalue weighted by molar-refractivity contribution is -0.122. The normalized spacial score (nSPS) is 16.7. The van der Waals surface area contributed by atoms with E-state index in [1.54, 1.807) is 18.2 Å². The van der Waals surface area contributed by atoms with Gasteiger partial charge in [0.05, 0.1) is 16.1 Å². The van der Waals surface area contributed by atoms with Crippen molar-refractivity contribution >= 4 is 29.1 Å². The van der Waals surface area contributed by atoms with Gasteiger partial charge in [0.2, 0.25) is 5.91 Å². The first kappa shape index (κ1) is 17.8. The summed E-state index contributed by atoms with van der Waals surface area (Å²) in [7, 11) is 0. The van der Waals surface area contributed by atoms with Crippen molar-refractivity contribution in [2.75, 3.05) is 11.9 Å². The van der Waals surface area contributed by atoms with Gasteiger partial charge in [0, 0.05) is 12.2 Å². The molecule has 2 rings (SSSR count). The van der Waals surface area contributed by atoms with Gasteiger partial charge in [-0.2, -0.15) is 0 Å². The Kier molecular flexibility index (Phi) is 6.02. The van der Waals surface area contributed by atoms with Gasteiger partial charge in [0.15, 0.2) is 0 Å². The topological polar surface area (TPSA) is 84.2 Å². The van der Waals surface area contributed by atoms with Gasteiger partial charge in [-0.05, 0) is 37.5 Å². The number of rotatable bonds is 5. The highest BCUT2D eigenvalue weighted by atomic mass is 35.5. The molecule has 1 fully saturated rings. The monoisotopic (exact) mass is 337 g/mol. The Morgan fingerprint density at radius 3 is 2.57 bits per heavy atom. The van der Waals surface area contributed by atoms with Crippen molar-refractivity contribution in [3.8, 4) is 0 Å². The maximum Gasteiger partial charge on any atom is 0.252 e. The highest BCUT2D eigenvalue weighted by molar-refractivity contribution is 6.34. The molecule has 1 aliphatic rings. The lowest BCUT2D eigenvalue weighted by Gasteiger charge is -2.31. The van der Waals surface area contributed by atoms with Crippen molar-refractivity contribution in [1.29, 1.82) is 0 Å². The van der Waals surface area contributed by atoms with Crippen LogP contribution in [0.3, 0.4) is 0 Å². The number of hydrogen-bond acceptors (Lipinski definition) is 3. The van der Waals surface area contributed by atoms with E-state index in [2.05, 4.69) is 10.6 Å². The smallest absolute Gasteiger partial charge is 0.252 e. The van der Waals surface area contributed by atoms with Crippen LogP contribution in [-0.4, -0.2) is 23.9 Å². The van der Waals surface area contributed by atoms with E-state index in [0.717, 1.165) is 25.7 Å². The lowest BCUT2D eigenvalue weighted by atomic mass is 9.82. The van der Waals surface area contributed by atoms with Crippen molar-refractivity contribution < 1.29 is 9.59 Å². The Balaban J connectivity index is 2.05. The molecule has 0 heterocycles. The van der Waals surface area contributed by atoms with E-state index in [9.17, 15) is 9.59 Å². The third-order valence-corrected chi connectivity index (χ3v) is 4.52. The van der Waals surface area contributed by atoms with Crippen molar-refractivity contribution in [3.05, 3.63) is 28.8 Å². The molecular formula is C17H24ClN3O2. The highest BCUT2D eigenvalue weighted by Gasteiger charge is 2.35. The second-order valence-corrected chi connectivity index (χ2v) is 6.53. The molecule has 1 aromatic carbocycles. The van der Waals surface area contributed by atoms with E-state index < -0.39 is 5.54 Å². The Bertz CT molecular complexity index is 583. The van der Waals surface area contributed by atoms with Crippen LogP contribution < -0.4 is 16.4 Å². The van der Waals surface area contributed by atoms with Crippen LogP contribution >= 0.6 is 11.6 Å². The minimum atomic E-state index is -0.804. The lowest BCUT2D eigenvalue weighted by Crippen LogP contribution is -2.52. The first-order valence-corrected chi connectivity index (χ1v) is 8.52. The average molecular weight is 338 g/mol. The summed E-state index contributed by atoms with van der Waals surface area (Å²) < 4.78 is 0. The number of halogens is 1. The van der Waals surface area contributed by atoms with Gasteiger partial charge in [-0.3, -0.25) is 9.59 Å². The van der Waals surface area contributed by atoms with E-state index >= 15 is 0 Å². The molecule has 0 saturated heterocycles. The Hall–Kier alpha value is -1.59. The molecule has 0 aromatic heterocycles. The molecule has 1 aliphatic carbocycles. The number of benzene rings is 1. The second kappa shape index (κ2) is 7.79. The fourth-order valence-electron chi connectivity index (χ4n) is 2.78. The molecule has 5 nitrogen and oxygen atoms in total. The van der Waals surface area contributed by atoms with Gasteiger partial charge in [-0.25, -0.2) is 0 Å². The molecule has 0 spiro atoms.